The summed E-state index contributed by atoms with van der Waals surface area (Å²) in [5, 5.41) is 3.36. The molecule has 1 aliphatic heterocycles. The molecule has 0 unspecified atom stereocenters. The zero-order valence-electron chi connectivity index (χ0n) is 15.1. The van der Waals surface area contributed by atoms with Crippen LogP contribution in [0.5, 0.6) is 0 Å². The molecule has 0 bridgehead atoms. The minimum absolute atomic E-state index is 0.0292. The van der Waals surface area contributed by atoms with Crippen LogP contribution in [0, 0.1) is 5.92 Å². The van der Waals surface area contributed by atoms with Crippen LogP contribution in [-0.4, -0.2) is 51.2 Å². The number of nitrogens with zero attached hydrogens (tertiary/aromatic N) is 1. The van der Waals surface area contributed by atoms with Crippen molar-refractivity contribution in [3.63, 3.8) is 0 Å². The number of benzene rings is 1. The number of nitrogens with one attached hydrogen (secondary N) is 2. The van der Waals surface area contributed by atoms with Crippen LogP contribution < -0.4 is 10.0 Å². The van der Waals surface area contributed by atoms with E-state index in [1.54, 1.807) is 24.3 Å². The van der Waals surface area contributed by atoms with Gasteiger partial charge in [0.2, 0.25) is 10.0 Å². The zero-order valence-corrected chi connectivity index (χ0v) is 15.9. The molecule has 1 aromatic carbocycles. The van der Waals surface area contributed by atoms with E-state index in [-0.39, 0.29) is 11.7 Å². The van der Waals surface area contributed by atoms with Crippen molar-refractivity contribution in [2.24, 2.45) is 5.92 Å². The highest BCUT2D eigenvalue weighted by Gasteiger charge is 2.23. The molecule has 0 radical (unpaired) electrons. The van der Waals surface area contributed by atoms with Crippen molar-refractivity contribution in [1.82, 2.24) is 10.2 Å². The second kappa shape index (κ2) is 9.20. The molecule has 140 valence electrons. The average molecular weight is 368 g/mol. The minimum atomic E-state index is -3.35. The van der Waals surface area contributed by atoms with Crippen molar-refractivity contribution in [1.29, 1.82) is 0 Å². The van der Waals surface area contributed by atoms with Gasteiger partial charge in [0.1, 0.15) is 0 Å². The first kappa shape index (κ1) is 19.7. The fourth-order valence-corrected chi connectivity index (χ4v) is 4.21. The molecule has 1 amide bonds. The highest BCUT2D eigenvalue weighted by Crippen LogP contribution is 2.20. The molecular formula is C18H29N3O3S. The highest BCUT2D eigenvalue weighted by atomic mass is 32.2. The number of anilines is 1. The van der Waals surface area contributed by atoms with Gasteiger partial charge in [0.25, 0.3) is 5.91 Å². The lowest BCUT2D eigenvalue weighted by Crippen LogP contribution is -2.40. The van der Waals surface area contributed by atoms with Crippen LogP contribution in [0.1, 0.15) is 43.5 Å². The summed E-state index contributed by atoms with van der Waals surface area (Å²) >= 11 is 0. The fraction of sp³-hybridized carbons (Fsp3) is 0.611. The van der Waals surface area contributed by atoms with Gasteiger partial charge in [-0.05, 0) is 56.5 Å². The smallest absolute Gasteiger partial charge is 0.253 e. The molecule has 0 atom stereocenters. The Balaban J connectivity index is 1.97. The molecule has 6 nitrogen and oxygen atoms in total. The number of piperidine rings is 1. The van der Waals surface area contributed by atoms with Gasteiger partial charge < -0.3 is 10.2 Å². The maximum absolute atomic E-state index is 12.7. The van der Waals surface area contributed by atoms with Crippen molar-refractivity contribution in [2.45, 2.75) is 33.1 Å². The van der Waals surface area contributed by atoms with Gasteiger partial charge in [-0.3, -0.25) is 9.52 Å². The Morgan fingerprint density at radius 3 is 2.60 bits per heavy atom. The fourth-order valence-electron chi connectivity index (χ4n) is 3.09. The van der Waals surface area contributed by atoms with Gasteiger partial charge in [-0.15, -0.1) is 0 Å². The number of hydrogen-bond donors (Lipinski definition) is 2. The Morgan fingerprint density at radius 1 is 1.24 bits per heavy atom. The Hall–Kier alpha value is -1.60. The number of sulfonamides is 1. The molecule has 0 aromatic heterocycles. The topological polar surface area (TPSA) is 78.5 Å². The largest absolute Gasteiger partial charge is 0.339 e. The Kier molecular flexibility index (Phi) is 7.25. The second-order valence-corrected chi connectivity index (χ2v) is 8.39. The first-order valence-corrected chi connectivity index (χ1v) is 10.7. The van der Waals surface area contributed by atoms with Crippen LogP contribution in [0.25, 0.3) is 0 Å². The quantitative estimate of drug-likeness (QED) is 0.739. The molecule has 25 heavy (non-hydrogen) atoms. The third kappa shape index (κ3) is 6.01. The van der Waals surface area contributed by atoms with Crippen LogP contribution in [0.15, 0.2) is 24.3 Å². The van der Waals surface area contributed by atoms with Crippen LogP contribution in [-0.2, 0) is 10.0 Å². The summed E-state index contributed by atoms with van der Waals surface area (Å²) < 4.78 is 26.3. The van der Waals surface area contributed by atoms with Crippen molar-refractivity contribution in [3.05, 3.63) is 29.8 Å². The predicted octanol–water partition coefficient (Wildman–Crippen LogP) is 2.30. The normalized spacial score (nSPS) is 16.0. The van der Waals surface area contributed by atoms with E-state index in [1.807, 2.05) is 11.8 Å². The zero-order chi connectivity index (χ0) is 18.3. The van der Waals surface area contributed by atoms with E-state index in [2.05, 4.69) is 17.0 Å². The lowest BCUT2D eigenvalue weighted by Gasteiger charge is -2.32. The van der Waals surface area contributed by atoms with Crippen molar-refractivity contribution >= 4 is 21.6 Å². The molecule has 7 heteroatoms. The molecule has 1 fully saturated rings. The van der Waals surface area contributed by atoms with Gasteiger partial charge in [-0.2, -0.15) is 0 Å². The lowest BCUT2D eigenvalue weighted by atomic mass is 9.96. The van der Waals surface area contributed by atoms with Gasteiger partial charge >= 0.3 is 0 Å². The summed E-state index contributed by atoms with van der Waals surface area (Å²) in [4.78, 5) is 14.6. The second-order valence-electron chi connectivity index (χ2n) is 6.54. The Morgan fingerprint density at radius 2 is 1.96 bits per heavy atom. The molecule has 1 saturated heterocycles. The van der Waals surface area contributed by atoms with Crippen LogP contribution >= 0.6 is 0 Å². The molecule has 1 aromatic rings. The first-order valence-electron chi connectivity index (χ1n) is 9.05. The van der Waals surface area contributed by atoms with E-state index < -0.39 is 10.0 Å². The third-order valence-corrected chi connectivity index (χ3v) is 5.93. The molecule has 1 heterocycles. The van der Waals surface area contributed by atoms with Crippen LogP contribution in [0.2, 0.25) is 0 Å². The van der Waals surface area contributed by atoms with E-state index in [1.165, 1.54) is 0 Å². The van der Waals surface area contributed by atoms with Crippen LogP contribution in [0.3, 0.4) is 0 Å². The Bertz CT molecular complexity index is 668. The molecule has 0 spiro atoms. The molecule has 0 aliphatic carbocycles. The maximum Gasteiger partial charge on any atom is 0.253 e. The summed E-state index contributed by atoms with van der Waals surface area (Å²) in [7, 11) is -3.35. The van der Waals surface area contributed by atoms with Crippen molar-refractivity contribution < 1.29 is 13.2 Å². The van der Waals surface area contributed by atoms with Crippen LogP contribution in [0.4, 0.5) is 5.69 Å². The van der Waals surface area contributed by atoms with Crippen molar-refractivity contribution in [2.75, 3.05) is 36.7 Å². The summed E-state index contributed by atoms with van der Waals surface area (Å²) in [5.74, 6) is 0.666. The minimum Gasteiger partial charge on any atom is -0.339 e. The molecular weight excluding hydrogens is 338 g/mol. The number of likely N-dealkylation sites (tertiary alicyclic amines) is 1. The predicted molar refractivity (Wildman–Crippen MR) is 101 cm³/mol. The SMILES string of the molecule is CCCS(=O)(=O)Nc1cccc(C(=O)N2CCC(CNCC)CC2)c1. The third-order valence-electron chi connectivity index (χ3n) is 4.44. The van der Waals surface area contributed by atoms with Gasteiger partial charge in [0, 0.05) is 24.3 Å². The monoisotopic (exact) mass is 367 g/mol. The number of hydrogen-bond acceptors (Lipinski definition) is 4. The summed E-state index contributed by atoms with van der Waals surface area (Å²) in [6.07, 6.45) is 2.55. The molecule has 0 saturated carbocycles. The van der Waals surface area contributed by atoms with Gasteiger partial charge in [0.05, 0.1) is 5.75 Å². The summed E-state index contributed by atoms with van der Waals surface area (Å²) in [6, 6.07) is 6.76. The van der Waals surface area contributed by atoms with E-state index in [0.717, 1.165) is 39.0 Å². The van der Waals surface area contributed by atoms with Crippen molar-refractivity contribution in [3.8, 4) is 0 Å². The average Bonchev–Trinajstić information content (AvgIpc) is 2.59. The van der Waals surface area contributed by atoms with E-state index >= 15 is 0 Å². The molecule has 2 rings (SSSR count). The maximum atomic E-state index is 12.7. The lowest BCUT2D eigenvalue weighted by molar-refractivity contribution is 0.0690. The first-order chi connectivity index (χ1) is 11.9. The number of carbonyl (C=O) groups is 1. The van der Waals surface area contributed by atoms with Gasteiger partial charge in [-0.25, -0.2) is 8.42 Å². The summed E-state index contributed by atoms with van der Waals surface area (Å²) in [6.45, 7) is 7.40. The highest BCUT2D eigenvalue weighted by molar-refractivity contribution is 7.92. The number of amides is 1. The molecule has 2 N–H and O–H groups in total. The van der Waals surface area contributed by atoms with Gasteiger partial charge in [-0.1, -0.05) is 19.9 Å². The standard InChI is InChI=1S/C18H29N3O3S/c1-3-12-25(23,24)20-17-7-5-6-16(13-17)18(22)21-10-8-15(9-11-21)14-19-4-2/h5-7,13,15,19-20H,3-4,8-12,14H2,1-2H3. The van der Waals surface area contributed by atoms with E-state index in [4.69, 9.17) is 0 Å². The summed E-state index contributed by atoms with van der Waals surface area (Å²) in [5.41, 5.74) is 0.975. The molecule has 1 aliphatic rings. The van der Waals surface area contributed by atoms with Gasteiger partial charge in [0.15, 0.2) is 0 Å². The number of carbonyl (C=O) groups excluding carboxylic acids is 1. The Labute approximate surface area is 151 Å². The number of rotatable bonds is 8. The van der Waals surface area contributed by atoms with E-state index in [9.17, 15) is 13.2 Å². The van der Waals surface area contributed by atoms with E-state index in [0.29, 0.717) is 23.6 Å².